The number of carbonyl (C=O) groups excluding carboxylic acids is 2. The molecule has 1 aromatic heterocycles. The van der Waals surface area contributed by atoms with Crippen molar-refractivity contribution in [2.45, 2.75) is 50.3 Å². The molecule has 244 valence electrons. The van der Waals surface area contributed by atoms with Gasteiger partial charge in [-0.1, -0.05) is 37.2 Å². The van der Waals surface area contributed by atoms with Crippen LogP contribution in [-0.2, 0) is 14.3 Å². The number of pyridine rings is 1. The first-order chi connectivity index (χ1) is 22.1. The lowest BCUT2D eigenvalue weighted by Gasteiger charge is -2.39. The lowest BCUT2D eigenvalue weighted by atomic mass is 9.89. The molecule has 4 aliphatic rings. The van der Waals surface area contributed by atoms with E-state index in [-0.39, 0.29) is 23.5 Å². The largest absolute Gasteiger partial charge is 0.449 e. The number of ether oxygens (including phenoxy) is 2. The Morgan fingerprint density at radius 3 is 2.59 bits per heavy atom. The van der Waals surface area contributed by atoms with Crippen LogP contribution in [0, 0.1) is 5.41 Å². The van der Waals surface area contributed by atoms with Gasteiger partial charge in [0.2, 0.25) is 0 Å². The summed E-state index contributed by atoms with van der Waals surface area (Å²) in [5, 5.41) is 3.83. The molecule has 2 atom stereocenters. The summed E-state index contributed by atoms with van der Waals surface area (Å²) < 4.78 is 11.3. The van der Waals surface area contributed by atoms with E-state index in [1.165, 1.54) is 6.20 Å². The molecule has 0 bridgehead atoms. The quantitative estimate of drug-likeness (QED) is 0.380. The lowest BCUT2D eigenvalue weighted by Crippen LogP contribution is -2.50. The van der Waals surface area contributed by atoms with Crippen molar-refractivity contribution in [2.75, 3.05) is 46.9 Å². The normalized spacial score (nSPS) is 21.9. The third-order valence-electron chi connectivity index (χ3n) is 9.89. The van der Waals surface area contributed by atoms with Crippen LogP contribution < -0.4 is 11.1 Å². The number of fused-ring (bicyclic) bond motifs is 2. The molecule has 1 aliphatic heterocycles. The zero-order valence-corrected chi connectivity index (χ0v) is 27.6. The Bertz CT molecular complexity index is 1570. The molecule has 10 nitrogen and oxygen atoms in total. The van der Waals surface area contributed by atoms with Gasteiger partial charge in [0.15, 0.2) is 0 Å². The van der Waals surface area contributed by atoms with Gasteiger partial charge in [-0.3, -0.25) is 14.7 Å². The highest BCUT2D eigenvalue weighted by atomic mass is 35.5. The van der Waals surface area contributed by atoms with Crippen LogP contribution in [0.4, 0.5) is 4.79 Å². The van der Waals surface area contributed by atoms with Crippen LogP contribution in [0.2, 0.25) is 5.02 Å². The number of hydrogen-bond donors (Lipinski definition) is 2. The van der Waals surface area contributed by atoms with Crippen molar-refractivity contribution >= 4 is 35.3 Å². The monoisotopic (exact) mass is 646 g/mol. The summed E-state index contributed by atoms with van der Waals surface area (Å²) in [4.78, 5) is 37.5. The molecule has 1 saturated heterocycles. The van der Waals surface area contributed by atoms with E-state index in [9.17, 15) is 9.59 Å². The minimum atomic E-state index is -0.855. The summed E-state index contributed by atoms with van der Waals surface area (Å²) in [6.07, 6.45) is 10.3. The van der Waals surface area contributed by atoms with Crippen molar-refractivity contribution in [1.29, 1.82) is 0 Å². The van der Waals surface area contributed by atoms with Crippen LogP contribution in [0.3, 0.4) is 0 Å². The molecular formula is C35H43ClN6O4. The molecule has 6 rings (SSSR count). The highest BCUT2D eigenvalue weighted by Crippen LogP contribution is 2.46. The fraction of sp³-hybridized carbons (Fsp3) is 0.457. The molecule has 3 fully saturated rings. The molecule has 1 aromatic carbocycles. The fourth-order valence-electron chi connectivity index (χ4n) is 6.38. The van der Waals surface area contributed by atoms with Gasteiger partial charge in [-0.05, 0) is 78.4 Å². The van der Waals surface area contributed by atoms with Crippen molar-refractivity contribution in [3.63, 3.8) is 0 Å². The molecule has 46 heavy (non-hydrogen) atoms. The summed E-state index contributed by atoms with van der Waals surface area (Å²) in [6.45, 7) is 8.91. The third kappa shape index (κ3) is 6.26. The van der Waals surface area contributed by atoms with Gasteiger partial charge < -0.3 is 30.3 Å². The van der Waals surface area contributed by atoms with Crippen LogP contribution in [0.1, 0.15) is 61.0 Å². The maximum Gasteiger partial charge on any atom is 0.409 e. The Hall–Kier alpha value is -3.86. The van der Waals surface area contributed by atoms with Crippen molar-refractivity contribution in [3.8, 4) is 0 Å². The molecule has 0 radical (unpaired) electrons. The zero-order chi connectivity index (χ0) is 32.6. The minimum Gasteiger partial charge on any atom is -0.449 e. The second kappa shape index (κ2) is 12.7. The zero-order valence-electron chi connectivity index (χ0n) is 26.8. The highest BCUT2D eigenvalue weighted by molar-refractivity contribution is 6.30. The number of piperazine rings is 1. The SMILES string of the molecule is C=CN(C)/C(=C\N)[C@H](NC(=O)C1(OC)CC1)C1=Cc2cccnc2[C@@H](N2CCN(C(=O)OCC3(C)CC3)CC2)c2ccc(Cl)cc21. The summed E-state index contributed by atoms with van der Waals surface area (Å²) in [6, 6.07) is 8.93. The molecule has 2 saturated carbocycles. The van der Waals surface area contributed by atoms with E-state index in [1.807, 2.05) is 37.4 Å². The van der Waals surface area contributed by atoms with Gasteiger partial charge in [-0.15, -0.1) is 0 Å². The van der Waals surface area contributed by atoms with Crippen molar-refractivity contribution in [1.82, 2.24) is 25.0 Å². The smallest absolute Gasteiger partial charge is 0.409 e. The maximum atomic E-state index is 13.7. The molecule has 3 N–H and O–H groups in total. The number of nitrogens with zero attached hydrogens (tertiary/aromatic N) is 4. The van der Waals surface area contributed by atoms with Crippen LogP contribution in [0.5, 0.6) is 0 Å². The van der Waals surface area contributed by atoms with E-state index in [2.05, 4.69) is 29.8 Å². The molecule has 0 unspecified atom stereocenters. The summed E-state index contributed by atoms with van der Waals surface area (Å²) >= 11 is 6.69. The van der Waals surface area contributed by atoms with Gasteiger partial charge >= 0.3 is 6.09 Å². The Morgan fingerprint density at radius 2 is 1.96 bits per heavy atom. The number of aromatic nitrogens is 1. The first-order valence-corrected chi connectivity index (χ1v) is 16.3. The van der Waals surface area contributed by atoms with Gasteiger partial charge in [0.05, 0.1) is 30.1 Å². The molecule has 3 aliphatic carbocycles. The van der Waals surface area contributed by atoms with Crippen LogP contribution in [0.15, 0.2) is 61.2 Å². The topological polar surface area (TPSA) is 113 Å². The van der Waals surface area contributed by atoms with Gasteiger partial charge in [0, 0.05) is 63.2 Å². The molecular weight excluding hydrogens is 604 g/mol. The van der Waals surface area contributed by atoms with Crippen LogP contribution >= 0.6 is 11.6 Å². The molecule has 2 heterocycles. The fourth-order valence-corrected chi connectivity index (χ4v) is 6.55. The summed E-state index contributed by atoms with van der Waals surface area (Å²) in [5.41, 5.74) is 10.7. The molecule has 0 spiro atoms. The van der Waals surface area contributed by atoms with Crippen molar-refractivity contribution in [3.05, 3.63) is 88.6 Å². The van der Waals surface area contributed by atoms with Gasteiger partial charge in [-0.25, -0.2) is 4.79 Å². The standard InChI is InChI=1S/C35H43ClN6O4/c1-5-40(3)28(21-37)30(39-32(43)35(45-4)12-13-35)27-19-23-7-6-14-38-29(23)31(25-9-8-24(36)20-26(25)27)41-15-17-42(18-16-41)33(44)46-22-34(2)10-11-34/h5-9,14,19-21,30-31H,1,10-13,15-18,22,37H2,2-4H3,(H,39,43)/b28-21-/t30-,31+/m1/s1. The van der Waals surface area contributed by atoms with E-state index < -0.39 is 11.6 Å². The lowest BCUT2D eigenvalue weighted by molar-refractivity contribution is -0.133. The van der Waals surface area contributed by atoms with Gasteiger partial charge in [0.25, 0.3) is 5.91 Å². The predicted molar refractivity (Wildman–Crippen MR) is 178 cm³/mol. The van der Waals surface area contributed by atoms with Gasteiger partial charge in [0.1, 0.15) is 5.60 Å². The number of benzene rings is 1. The minimum absolute atomic E-state index is 0.141. The number of hydrogen-bond acceptors (Lipinski definition) is 8. The number of rotatable bonds is 10. The van der Waals surface area contributed by atoms with Gasteiger partial charge in [-0.2, -0.15) is 0 Å². The van der Waals surface area contributed by atoms with Crippen LogP contribution in [-0.4, -0.2) is 90.3 Å². The maximum absolute atomic E-state index is 13.7. The average Bonchev–Trinajstić information content (AvgIpc) is 4.01. The Labute approximate surface area is 275 Å². The van der Waals surface area contributed by atoms with E-state index in [0.717, 1.165) is 40.8 Å². The van der Waals surface area contributed by atoms with E-state index in [0.29, 0.717) is 56.3 Å². The first kappa shape index (κ1) is 32.1. The van der Waals surface area contributed by atoms with E-state index in [4.69, 9.17) is 31.8 Å². The second-order valence-corrected chi connectivity index (χ2v) is 13.5. The number of carbonyl (C=O) groups is 2. The Kier molecular flexibility index (Phi) is 8.89. The van der Waals surface area contributed by atoms with E-state index >= 15 is 0 Å². The molecule has 2 amide bonds. The number of likely N-dealkylation sites (N-methyl/N-ethyl adjacent to an activating group) is 1. The average molecular weight is 647 g/mol. The number of halogens is 1. The van der Waals surface area contributed by atoms with E-state index in [1.54, 1.807) is 29.3 Å². The van der Waals surface area contributed by atoms with Crippen molar-refractivity contribution < 1.29 is 19.1 Å². The number of nitrogens with two attached hydrogens (primary N) is 1. The Morgan fingerprint density at radius 1 is 1.22 bits per heavy atom. The number of amides is 2. The highest BCUT2D eigenvalue weighted by Gasteiger charge is 2.51. The first-order valence-electron chi connectivity index (χ1n) is 15.9. The predicted octanol–water partition coefficient (Wildman–Crippen LogP) is 4.77. The number of methoxy groups -OCH3 is 1. The Balaban J connectivity index is 1.38. The summed E-state index contributed by atoms with van der Waals surface area (Å²) in [5.74, 6) is -0.202. The number of nitrogens with one attached hydrogen (secondary N) is 1. The second-order valence-electron chi connectivity index (χ2n) is 13.1. The van der Waals surface area contributed by atoms with Crippen LogP contribution in [0.25, 0.3) is 11.6 Å². The third-order valence-corrected chi connectivity index (χ3v) is 10.1. The van der Waals surface area contributed by atoms with Crippen molar-refractivity contribution in [2.24, 2.45) is 11.1 Å². The summed E-state index contributed by atoms with van der Waals surface area (Å²) in [7, 11) is 3.41. The molecule has 2 aromatic rings. The molecule has 11 heteroatoms.